The third-order valence-corrected chi connectivity index (χ3v) is 9.62. The van der Waals surface area contributed by atoms with Crippen molar-refractivity contribution in [3.63, 3.8) is 0 Å². The van der Waals surface area contributed by atoms with E-state index in [2.05, 4.69) is 127 Å². The minimum Gasteiger partial charge on any atom is -0.455 e. The van der Waals surface area contributed by atoms with E-state index in [0.29, 0.717) is 5.82 Å². The normalized spacial score (nSPS) is 11.5. The van der Waals surface area contributed by atoms with Gasteiger partial charge in [0.1, 0.15) is 11.2 Å². The van der Waals surface area contributed by atoms with Gasteiger partial charge in [0.25, 0.3) is 0 Å². The van der Waals surface area contributed by atoms with Gasteiger partial charge in [-0.05, 0) is 64.9 Å². The number of pyridine rings is 1. The third-order valence-electron chi connectivity index (χ3n) is 9.62. The molecule has 0 aliphatic carbocycles. The SMILES string of the molecule is c1ccc(-c2cc(-c3ccccc3)nc(-c3cc(-c4ccc5cc6ccccc6cc5n4)cc(-c4cccc5c4oc4ccccc45)c3)n2)cc1. The number of nitrogens with zero attached hydrogens (tertiary/aromatic N) is 3. The molecule has 51 heavy (non-hydrogen) atoms. The second kappa shape index (κ2) is 11.9. The number of fused-ring (bicyclic) bond motifs is 5. The Morgan fingerprint density at radius 1 is 0.353 bits per heavy atom. The molecule has 0 atom stereocenters. The largest absolute Gasteiger partial charge is 0.455 e. The zero-order valence-electron chi connectivity index (χ0n) is 27.5. The van der Waals surface area contributed by atoms with Crippen LogP contribution in [0.25, 0.3) is 99.9 Å². The quantitative estimate of drug-likeness (QED) is 0.174. The minimum absolute atomic E-state index is 0.641. The van der Waals surface area contributed by atoms with Gasteiger partial charge < -0.3 is 4.42 Å². The smallest absolute Gasteiger partial charge is 0.160 e. The standard InChI is InChI=1S/C47H29N3O/c1-3-12-30(13-4-1)43-29-44(31-14-5-2-6-15-31)50-47(49-43)37-26-35(38-19-11-20-40-39-18-9-10-21-45(39)51-46(38)40)25-36(27-37)41-23-22-34-24-32-16-7-8-17-33(32)28-42(34)48-41/h1-29H. The van der Waals surface area contributed by atoms with Crippen LogP contribution in [0.1, 0.15) is 0 Å². The Bertz CT molecular complexity index is 2860. The molecular formula is C47H29N3O. The molecule has 0 aliphatic heterocycles. The van der Waals surface area contributed by atoms with E-state index in [4.69, 9.17) is 19.4 Å². The topological polar surface area (TPSA) is 51.8 Å². The highest BCUT2D eigenvalue weighted by Crippen LogP contribution is 2.39. The van der Waals surface area contributed by atoms with Crippen molar-refractivity contribution in [2.24, 2.45) is 0 Å². The summed E-state index contributed by atoms with van der Waals surface area (Å²) in [4.78, 5) is 15.6. The van der Waals surface area contributed by atoms with Crippen LogP contribution in [0.4, 0.5) is 0 Å². The van der Waals surface area contributed by atoms with E-state index in [1.165, 1.54) is 10.8 Å². The van der Waals surface area contributed by atoms with E-state index >= 15 is 0 Å². The molecule has 0 radical (unpaired) electrons. The fraction of sp³-hybridized carbons (Fsp3) is 0. The lowest BCUT2D eigenvalue weighted by molar-refractivity contribution is 0.670. The summed E-state index contributed by atoms with van der Waals surface area (Å²) in [5, 5.41) is 5.65. The summed E-state index contributed by atoms with van der Waals surface area (Å²) in [5.74, 6) is 0.641. The van der Waals surface area contributed by atoms with Gasteiger partial charge in [-0.3, -0.25) is 0 Å². The van der Waals surface area contributed by atoms with Gasteiger partial charge >= 0.3 is 0 Å². The number of para-hydroxylation sites is 2. The Morgan fingerprint density at radius 2 is 0.980 bits per heavy atom. The summed E-state index contributed by atoms with van der Waals surface area (Å²) < 4.78 is 6.53. The molecule has 10 aromatic rings. The average molecular weight is 652 g/mol. The van der Waals surface area contributed by atoms with Gasteiger partial charge in [0.05, 0.1) is 22.6 Å². The van der Waals surface area contributed by atoms with Crippen LogP contribution in [-0.2, 0) is 0 Å². The Hall–Kier alpha value is -6.91. The Labute approximate surface area is 294 Å². The molecule has 0 saturated heterocycles. The number of furan rings is 1. The third kappa shape index (κ3) is 5.22. The van der Waals surface area contributed by atoms with Gasteiger partial charge in [-0.25, -0.2) is 15.0 Å². The molecule has 0 amide bonds. The zero-order chi connectivity index (χ0) is 33.7. The molecule has 238 valence electrons. The first-order chi connectivity index (χ1) is 25.2. The monoisotopic (exact) mass is 651 g/mol. The first-order valence-corrected chi connectivity index (χ1v) is 17.1. The number of aromatic nitrogens is 3. The highest BCUT2D eigenvalue weighted by atomic mass is 16.3. The fourth-order valence-electron chi connectivity index (χ4n) is 7.10. The number of benzene rings is 7. The lowest BCUT2D eigenvalue weighted by atomic mass is 9.95. The van der Waals surface area contributed by atoms with Crippen LogP contribution in [0.3, 0.4) is 0 Å². The molecule has 0 N–H and O–H groups in total. The molecule has 7 aromatic carbocycles. The maximum absolute atomic E-state index is 6.53. The molecule has 0 bridgehead atoms. The van der Waals surface area contributed by atoms with Crippen LogP contribution < -0.4 is 0 Å². The van der Waals surface area contributed by atoms with Crippen molar-refractivity contribution in [3.8, 4) is 56.3 Å². The van der Waals surface area contributed by atoms with E-state index in [9.17, 15) is 0 Å². The summed E-state index contributed by atoms with van der Waals surface area (Å²) in [6, 6.07) is 60.8. The molecule has 0 unspecified atom stereocenters. The molecule has 0 spiro atoms. The predicted molar refractivity (Wildman–Crippen MR) is 209 cm³/mol. The summed E-state index contributed by atoms with van der Waals surface area (Å²) in [6.45, 7) is 0. The van der Waals surface area contributed by atoms with E-state index in [-0.39, 0.29) is 0 Å². The van der Waals surface area contributed by atoms with Gasteiger partial charge in [0.2, 0.25) is 0 Å². The van der Waals surface area contributed by atoms with Crippen LogP contribution in [0.5, 0.6) is 0 Å². The molecule has 0 fully saturated rings. The van der Waals surface area contributed by atoms with Crippen molar-refractivity contribution in [2.75, 3.05) is 0 Å². The van der Waals surface area contributed by atoms with Crippen molar-refractivity contribution < 1.29 is 4.42 Å². The zero-order valence-corrected chi connectivity index (χ0v) is 27.5. The summed E-state index contributed by atoms with van der Waals surface area (Å²) >= 11 is 0. The van der Waals surface area contributed by atoms with Crippen LogP contribution in [-0.4, -0.2) is 15.0 Å². The maximum Gasteiger partial charge on any atom is 0.160 e. The molecule has 0 saturated carbocycles. The molecule has 10 rings (SSSR count). The van der Waals surface area contributed by atoms with Crippen LogP contribution in [0.2, 0.25) is 0 Å². The van der Waals surface area contributed by atoms with Gasteiger partial charge in [-0.2, -0.15) is 0 Å². The highest BCUT2D eigenvalue weighted by molar-refractivity contribution is 6.10. The van der Waals surface area contributed by atoms with Crippen molar-refractivity contribution in [1.82, 2.24) is 15.0 Å². The molecule has 3 aromatic heterocycles. The van der Waals surface area contributed by atoms with Crippen molar-refractivity contribution >= 4 is 43.6 Å². The van der Waals surface area contributed by atoms with Crippen LogP contribution >= 0.6 is 0 Å². The summed E-state index contributed by atoms with van der Waals surface area (Å²) in [6.07, 6.45) is 0. The second-order valence-electron chi connectivity index (χ2n) is 12.9. The first kappa shape index (κ1) is 29.0. The Morgan fingerprint density at radius 3 is 1.75 bits per heavy atom. The Balaban J connectivity index is 1.23. The molecule has 3 heterocycles. The average Bonchev–Trinajstić information content (AvgIpc) is 3.59. The summed E-state index contributed by atoms with van der Waals surface area (Å²) in [5.41, 5.74) is 11.2. The Kier molecular flexibility index (Phi) is 6.78. The summed E-state index contributed by atoms with van der Waals surface area (Å²) in [7, 11) is 0. The van der Waals surface area contributed by atoms with E-state index in [1.807, 2.05) is 48.5 Å². The van der Waals surface area contributed by atoms with Gasteiger partial charge in [-0.15, -0.1) is 0 Å². The fourth-order valence-corrected chi connectivity index (χ4v) is 7.10. The van der Waals surface area contributed by atoms with Gasteiger partial charge in [-0.1, -0.05) is 127 Å². The van der Waals surface area contributed by atoms with Gasteiger partial charge in [0.15, 0.2) is 5.82 Å². The number of hydrogen-bond acceptors (Lipinski definition) is 4. The van der Waals surface area contributed by atoms with Gasteiger partial charge in [0, 0.05) is 44.0 Å². The second-order valence-corrected chi connectivity index (χ2v) is 12.9. The molecule has 4 nitrogen and oxygen atoms in total. The maximum atomic E-state index is 6.53. The molecule has 4 heteroatoms. The van der Waals surface area contributed by atoms with E-state index < -0.39 is 0 Å². The van der Waals surface area contributed by atoms with Crippen molar-refractivity contribution in [3.05, 3.63) is 176 Å². The highest BCUT2D eigenvalue weighted by Gasteiger charge is 2.17. The van der Waals surface area contributed by atoms with Crippen LogP contribution in [0.15, 0.2) is 180 Å². The van der Waals surface area contributed by atoms with E-state index in [0.717, 1.165) is 83.3 Å². The van der Waals surface area contributed by atoms with E-state index in [1.54, 1.807) is 0 Å². The van der Waals surface area contributed by atoms with Crippen LogP contribution in [0, 0.1) is 0 Å². The lowest BCUT2D eigenvalue weighted by Crippen LogP contribution is -1.97. The lowest BCUT2D eigenvalue weighted by Gasteiger charge is -2.13. The molecular weight excluding hydrogens is 623 g/mol. The van der Waals surface area contributed by atoms with Crippen molar-refractivity contribution in [2.45, 2.75) is 0 Å². The minimum atomic E-state index is 0.641. The first-order valence-electron chi connectivity index (χ1n) is 17.1. The molecule has 0 aliphatic rings. The number of hydrogen-bond donors (Lipinski definition) is 0. The predicted octanol–water partition coefficient (Wildman–Crippen LogP) is 12.4. The van der Waals surface area contributed by atoms with Crippen molar-refractivity contribution in [1.29, 1.82) is 0 Å². The number of rotatable bonds is 5.